The van der Waals surface area contributed by atoms with Gasteiger partial charge in [0, 0.05) is 37.4 Å². The first kappa shape index (κ1) is 12.6. The quantitative estimate of drug-likeness (QED) is 0.826. The van der Waals surface area contributed by atoms with Crippen LogP contribution < -0.4 is 15.4 Å². The molecule has 2 aliphatic rings. The lowest BCUT2D eigenvalue weighted by Gasteiger charge is -2.27. The van der Waals surface area contributed by atoms with Crippen LogP contribution in [0.3, 0.4) is 0 Å². The van der Waals surface area contributed by atoms with E-state index in [9.17, 15) is 0 Å². The fraction of sp³-hybridized carbons (Fsp3) is 0.600. The van der Waals surface area contributed by atoms with Gasteiger partial charge in [-0.15, -0.1) is 0 Å². The summed E-state index contributed by atoms with van der Waals surface area (Å²) in [6.07, 6.45) is 3.93. The highest BCUT2D eigenvalue weighted by Crippen LogP contribution is 2.30. The second-order valence-corrected chi connectivity index (χ2v) is 5.56. The fourth-order valence-corrected chi connectivity index (χ4v) is 3.34. The minimum absolute atomic E-state index is 0.712. The summed E-state index contributed by atoms with van der Waals surface area (Å²) in [5, 5.41) is 0. The monoisotopic (exact) mass is 261 g/mol. The maximum Gasteiger partial charge on any atom is 0.143 e. The van der Waals surface area contributed by atoms with Gasteiger partial charge in [0.15, 0.2) is 0 Å². The molecule has 0 amide bonds. The standard InChI is InChI=1S/C15H23N3O/c1-19-15-10-12(5-6-14(15)16)18-9-3-8-17-7-2-4-13(17)11-18/h5-6,10,13H,2-4,7-9,11,16H2,1H3. The molecule has 0 radical (unpaired) electrons. The molecule has 4 nitrogen and oxygen atoms in total. The maximum atomic E-state index is 5.89. The van der Waals surface area contributed by atoms with Gasteiger partial charge in [0.2, 0.25) is 0 Å². The second-order valence-electron chi connectivity index (χ2n) is 5.56. The van der Waals surface area contributed by atoms with Crippen LogP contribution >= 0.6 is 0 Å². The number of benzene rings is 1. The first-order valence-electron chi connectivity index (χ1n) is 7.20. The van der Waals surface area contributed by atoms with Crippen LogP contribution in [0.4, 0.5) is 11.4 Å². The van der Waals surface area contributed by atoms with Crippen LogP contribution in [0.1, 0.15) is 19.3 Å². The number of methoxy groups -OCH3 is 1. The summed E-state index contributed by atoms with van der Waals surface area (Å²) >= 11 is 0. The highest BCUT2D eigenvalue weighted by Gasteiger charge is 2.28. The van der Waals surface area contributed by atoms with Crippen LogP contribution in [0.25, 0.3) is 0 Å². The minimum Gasteiger partial charge on any atom is -0.495 e. The number of hydrogen-bond acceptors (Lipinski definition) is 4. The predicted molar refractivity (Wildman–Crippen MR) is 78.8 cm³/mol. The summed E-state index contributed by atoms with van der Waals surface area (Å²) in [4.78, 5) is 5.13. The highest BCUT2D eigenvalue weighted by molar-refractivity contribution is 5.62. The molecule has 4 heteroatoms. The Labute approximate surface area is 115 Å². The van der Waals surface area contributed by atoms with E-state index in [1.165, 1.54) is 38.0 Å². The lowest BCUT2D eigenvalue weighted by molar-refractivity contribution is 0.273. The molecule has 0 bridgehead atoms. The molecule has 1 unspecified atom stereocenters. The Balaban J connectivity index is 1.80. The third-order valence-corrected chi connectivity index (χ3v) is 4.39. The van der Waals surface area contributed by atoms with Crippen molar-refractivity contribution < 1.29 is 4.74 Å². The smallest absolute Gasteiger partial charge is 0.143 e. The molecule has 2 heterocycles. The van der Waals surface area contributed by atoms with Gasteiger partial charge in [0.05, 0.1) is 12.8 Å². The average Bonchev–Trinajstić information content (AvgIpc) is 2.77. The third kappa shape index (κ3) is 2.50. The van der Waals surface area contributed by atoms with E-state index in [1.54, 1.807) is 7.11 Å². The Morgan fingerprint density at radius 2 is 2.05 bits per heavy atom. The molecule has 0 saturated carbocycles. The molecule has 2 N–H and O–H groups in total. The summed E-state index contributed by atoms with van der Waals surface area (Å²) in [6, 6.07) is 6.86. The number of hydrogen-bond donors (Lipinski definition) is 1. The Morgan fingerprint density at radius 1 is 1.21 bits per heavy atom. The van der Waals surface area contributed by atoms with Gasteiger partial charge >= 0.3 is 0 Å². The number of nitrogens with two attached hydrogens (primary N) is 1. The Bertz CT molecular complexity index is 449. The van der Waals surface area contributed by atoms with Crippen molar-refractivity contribution in [3.8, 4) is 5.75 Å². The minimum atomic E-state index is 0.712. The zero-order chi connectivity index (χ0) is 13.2. The van der Waals surface area contributed by atoms with E-state index >= 15 is 0 Å². The van der Waals surface area contributed by atoms with Crippen molar-refractivity contribution in [1.29, 1.82) is 0 Å². The molecule has 2 aliphatic heterocycles. The van der Waals surface area contributed by atoms with Gasteiger partial charge in [0.25, 0.3) is 0 Å². The van der Waals surface area contributed by atoms with E-state index in [-0.39, 0.29) is 0 Å². The molecule has 19 heavy (non-hydrogen) atoms. The molecular formula is C15H23N3O. The van der Waals surface area contributed by atoms with Crippen LogP contribution in [0.15, 0.2) is 18.2 Å². The molecule has 0 spiro atoms. The van der Waals surface area contributed by atoms with Crippen molar-refractivity contribution in [3.63, 3.8) is 0 Å². The van der Waals surface area contributed by atoms with Crippen molar-refractivity contribution in [1.82, 2.24) is 4.90 Å². The van der Waals surface area contributed by atoms with E-state index in [2.05, 4.69) is 21.9 Å². The molecule has 1 aromatic rings. The first-order valence-corrected chi connectivity index (χ1v) is 7.20. The van der Waals surface area contributed by atoms with Crippen LogP contribution in [0.5, 0.6) is 5.75 Å². The normalized spacial score (nSPS) is 24.1. The van der Waals surface area contributed by atoms with Crippen molar-refractivity contribution >= 4 is 11.4 Å². The second kappa shape index (κ2) is 5.29. The number of ether oxygens (including phenoxy) is 1. The lowest BCUT2D eigenvalue weighted by Crippen LogP contribution is -2.36. The lowest BCUT2D eigenvalue weighted by atomic mass is 10.2. The number of nitrogens with zero attached hydrogens (tertiary/aromatic N) is 2. The van der Waals surface area contributed by atoms with Crippen molar-refractivity contribution in [3.05, 3.63) is 18.2 Å². The van der Waals surface area contributed by atoms with E-state index < -0.39 is 0 Å². The van der Waals surface area contributed by atoms with E-state index in [4.69, 9.17) is 10.5 Å². The Kier molecular flexibility index (Phi) is 3.51. The number of anilines is 2. The van der Waals surface area contributed by atoms with Gasteiger partial charge in [-0.25, -0.2) is 0 Å². The van der Waals surface area contributed by atoms with E-state index in [1.807, 2.05) is 6.07 Å². The van der Waals surface area contributed by atoms with Gasteiger partial charge in [-0.3, -0.25) is 4.90 Å². The van der Waals surface area contributed by atoms with Crippen LogP contribution in [-0.2, 0) is 0 Å². The number of nitrogen functional groups attached to an aromatic ring is 1. The maximum absolute atomic E-state index is 5.89. The van der Waals surface area contributed by atoms with Crippen LogP contribution in [0.2, 0.25) is 0 Å². The van der Waals surface area contributed by atoms with E-state index in [0.717, 1.165) is 24.9 Å². The molecule has 0 aliphatic carbocycles. The number of fused-ring (bicyclic) bond motifs is 1. The molecule has 1 aromatic carbocycles. The molecule has 3 rings (SSSR count). The SMILES string of the molecule is COc1cc(N2CCCN3CCCC3C2)ccc1N. The summed E-state index contributed by atoms with van der Waals surface area (Å²) in [5.41, 5.74) is 7.84. The van der Waals surface area contributed by atoms with Gasteiger partial charge in [0.1, 0.15) is 5.75 Å². The molecule has 2 saturated heterocycles. The molecule has 2 fully saturated rings. The van der Waals surface area contributed by atoms with Gasteiger partial charge in [-0.1, -0.05) is 0 Å². The summed E-state index contributed by atoms with van der Waals surface area (Å²) in [7, 11) is 1.68. The van der Waals surface area contributed by atoms with Gasteiger partial charge < -0.3 is 15.4 Å². The molecule has 0 aromatic heterocycles. The van der Waals surface area contributed by atoms with Crippen molar-refractivity contribution in [2.45, 2.75) is 25.3 Å². The Hall–Kier alpha value is -1.42. The van der Waals surface area contributed by atoms with E-state index in [0.29, 0.717) is 5.69 Å². The molecule has 104 valence electrons. The summed E-state index contributed by atoms with van der Waals surface area (Å²) < 4.78 is 5.33. The van der Waals surface area contributed by atoms with Crippen molar-refractivity contribution in [2.24, 2.45) is 0 Å². The Morgan fingerprint density at radius 3 is 2.89 bits per heavy atom. The van der Waals surface area contributed by atoms with Crippen LogP contribution in [0, 0.1) is 0 Å². The summed E-state index contributed by atoms with van der Waals surface area (Å²) in [6.45, 7) is 4.78. The predicted octanol–water partition coefficient (Wildman–Crippen LogP) is 1.95. The number of rotatable bonds is 2. The van der Waals surface area contributed by atoms with Crippen molar-refractivity contribution in [2.75, 3.05) is 43.9 Å². The van der Waals surface area contributed by atoms with Crippen LogP contribution in [-0.4, -0.2) is 44.2 Å². The first-order chi connectivity index (χ1) is 9.28. The van der Waals surface area contributed by atoms with Gasteiger partial charge in [-0.05, 0) is 37.9 Å². The summed E-state index contributed by atoms with van der Waals surface area (Å²) in [5.74, 6) is 0.782. The molecule has 1 atom stereocenters. The highest BCUT2D eigenvalue weighted by atomic mass is 16.5. The molecular weight excluding hydrogens is 238 g/mol. The fourth-order valence-electron chi connectivity index (χ4n) is 3.34. The zero-order valence-corrected chi connectivity index (χ0v) is 11.6. The zero-order valence-electron chi connectivity index (χ0n) is 11.6. The average molecular weight is 261 g/mol. The third-order valence-electron chi connectivity index (χ3n) is 4.39. The topological polar surface area (TPSA) is 41.7 Å². The largest absolute Gasteiger partial charge is 0.495 e. The van der Waals surface area contributed by atoms with Gasteiger partial charge in [-0.2, -0.15) is 0 Å².